The van der Waals surface area contributed by atoms with Crippen molar-refractivity contribution >= 4 is 22.8 Å². The average molecular weight is 246 g/mol. The molecule has 18 heavy (non-hydrogen) atoms. The second-order valence-electron chi connectivity index (χ2n) is 4.27. The molecule has 0 N–H and O–H groups in total. The van der Waals surface area contributed by atoms with Crippen molar-refractivity contribution in [3.8, 4) is 11.6 Å². The SMILES string of the molecule is CC(C)n1nc2c3c(cccc31)OC(=O)C(=O)O2. The van der Waals surface area contributed by atoms with Crippen LogP contribution in [0.5, 0.6) is 11.6 Å². The van der Waals surface area contributed by atoms with Crippen LogP contribution in [0.4, 0.5) is 0 Å². The van der Waals surface area contributed by atoms with Crippen molar-refractivity contribution in [2.45, 2.75) is 19.9 Å². The summed E-state index contributed by atoms with van der Waals surface area (Å²) in [5.41, 5.74) is 0.764. The Balaban J connectivity index is 2.34. The molecular formula is C12H10N2O4. The summed E-state index contributed by atoms with van der Waals surface area (Å²) in [6, 6.07) is 5.29. The maximum atomic E-state index is 11.4. The van der Waals surface area contributed by atoms with Crippen LogP contribution in [0.3, 0.4) is 0 Å². The smallest absolute Gasteiger partial charge is 0.417 e. The minimum atomic E-state index is -1.05. The third-order valence-corrected chi connectivity index (χ3v) is 2.71. The fourth-order valence-electron chi connectivity index (χ4n) is 1.95. The number of rotatable bonds is 1. The summed E-state index contributed by atoms with van der Waals surface area (Å²) in [5.74, 6) is -1.67. The van der Waals surface area contributed by atoms with Crippen molar-refractivity contribution in [2.24, 2.45) is 0 Å². The first-order valence-corrected chi connectivity index (χ1v) is 5.53. The van der Waals surface area contributed by atoms with Crippen molar-refractivity contribution in [3.63, 3.8) is 0 Å². The Hall–Kier alpha value is -2.37. The van der Waals surface area contributed by atoms with Crippen molar-refractivity contribution in [2.75, 3.05) is 0 Å². The van der Waals surface area contributed by atoms with Gasteiger partial charge in [-0.3, -0.25) is 4.68 Å². The zero-order chi connectivity index (χ0) is 12.9. The molecule has 0 spiro atoms. The molecule has 0 saturated carbocycles. The lowest BCUT2D eigenvalue weighted by Crippen LogP contribution is -2.24. The number of esters is 2. The Kier molecular flexibility index (Phi) is 2.13. The molecule has 1 aliphatic rings. The molecule has 0 fully saturated rings. The molecule has 0 atom stereocenters. The van der Waals surface area contributed by atoms with E-state index in [1.165, 1.54) is 0 Å². The first kappa shape index (κ1) is 10.8. The Bertz CT molecular complexity index is 672. The van der Waals surface area contributed by atoms with Crippen LogP contribution < -0.4 is 9.47 Å². The van der Waals surface area contributed by atoms with Crippen LogP contribution in [0.15, 0.2) is 18.2 Å². The number of hydrogen-bond acceptors (Lipinski definition) is 5. The highest BCUT2D eigenvalue weighted by Gasteiger charge is 2.29. The highest BCUT2D eigenvalue weighted by molar-refractivity contribution is 6.32. The first-order valence-electron chi connectivity index (χ1n) is 5.53. The van der Waals surface area contributed by atoms with Crippen molar-refractivity contribution in [3.05, 3.63) is 18.2 Å². The van der Waals surface area contributed by atoms with Crippen LogP contribution >= 0.6 is 0 Å². The molecule has 1 aromatic carbocycles. The van der Waals surface area contributed by atoms with Gasteiger partial charge < -0.3 is 9.47 Å². The number of aromatic nitrogens is 2. The summed E-state index contributed by atoms with van der Waals surface area (Å²) in [7, 11) is 0. The third kappa shape index (κ3) is 1.38. The summed E-state index contributed by atoms with van der Waals surface area (Å²) in [5, 5.41) is 4.75. The zero-order valence-corrected chi connectivity index (χ0v) is 9.84. The minimum Gasteiger partial charge on any atom is -0.417 e. The highest BCUT2D eigenvalue weighted by atomic mass is 16.6. The molecule has 1 aliphatic heterocycles. The average Bonchev–Trinajstić information content (AvgIpc) is 2.63. The van der Waals surface area contributed by atoms with E-state index < -0.39 is 11.9 Å². The van der Waals surface area contributed by atoms with E-state index in [0.29, 0.717) is 11.1 Å². The largest absolute Gasteiger partial charge is 0.424 e. The number of carbonyl (C=O) groups excluding carboxylic acids is 2. The molecule has 0 saturated heterocycles. The van der Waals surface area contributed by atoms with Gasteiger partial charge in [0.1, 0.15) is 11.1 Å². The number of carbonyl (C=O) groups is 2. The Labute approximate surface area is 102 Å². The minimum absolute atomic E-state index is 0.102. The molecule has 1 aromatic heterocycles. The van der Waals surface area contributed by atoms with Gasteiger partial charge in [-0.2, -0.15) is 0 Å². The third-order valence-electron chi connectivity index (χ3n) is 2.71. The maximum absolute atomic E-state index is 11.4. The Morgan fingerprint density at radius 1 is 1.17 bits per heavy atom. The fourth-order valence-corrected chi connectivity index (χ4v) is 1.95. The van der Waals surface area contributed by atoms with Crippen LogP contribution in [0.25, 0.3) is 10.9 Å². The lowest BCUT2D eigenvalue weighted by atomic mass is 10.2. The van der Waals surface area contributed by atoms with E-state index in [1.807, 2.05) is 19.9 Å². The summed E-state index contributed by atoms with van der Waals surface area (Å²) in [6.07, 6.45) is 0. The standard InChI is InChI=1S/C12H10N2O4/c1-6(2)14-7-4-3-5-8-9(7)10(13-14)18-12(16)11(15)17-8/h3-6H,1-2H3. The van der Waals surface area contributed by atoms with Crippen LogP contribution in [-0.2, 0) is 9.59 Å². The number of ether oxygens (including phenoxy) is 2. The van der Waals surface area contributed by atoms with E-state index in [1.54, 1.807) is 16.8 Å². The van der Waals surface area contributed by atoms with Crippen molar-refractivity contribution in [1.82, 2.24) is 9.78 Å². The van der Waals surface area contributed by atoms with Gasteiger partial charge in [0.15, 0.2) is 0 Å². The molecule has 6 heteroatoms. The van der Waals surface area contributed by atoms with Gasteiger partial charge in [0, 0.05) is 6.04 Å². The van der Waals surface area contributed by atoms with Gasteiger partial charge in [0.05, 0.1) is 5.52 Å². The molecule has 2 heterocycles. The molecule has 92 valence electrons. The number of hydrogen-bond donors (Lipinski definition) is 0. The van der Waals surface area contributed by atoms with Crippen molar-refractivity contribution < 1.29 is 19.1 Å². The van der Waals surface area contributed by atoms with Gasteiger partial charge >= 0.3 is 11.9 Å². The maximum Gasteiger partial charge on any atom is 0.424 e. The summed E-state index contributed by atoms with van der Waals surface area (Å²) >= 11 is 0. The van der Waals surface area contributed by atoms with Gasteiger partial charge in [0.25, 0.3) is 5.88 Å². The fraction of sp³-hybridized carbons (Fsp3) is 0.250. The molecule has 3 rings (SSSR count). The van der Waals surface area contributed by atoms with E-state index in [4.69, 9.17) is 9.47 Å². The van der Waals surface area contributed by atoms with Gasteiger partial charge in [-0.15, -0.1) is 5.10 Å². The second-order valence-corrected chi connectivity index (χ2v) is 4.27. The highest BCUT2D eigenvalue weighted by Crippen LogP contribution is 2.36. The van der Waals surface area contributed by atoms with E-state index in [9.17, 15) is 9.59 Å². The lowest BCUT2D eigenvalue weighted by Gasteiger charge is -2.07. The quantitative estimate of drug-likeness (QED) is 0.432. The molecule has 0 radical (unpaired) electrons. The second kappa shape index (κ2) is 3.56. The van der Waals surface area contributed by atoms with Crippen LogP contribution in [0.1, 0.15) is 19.9 Å². The van der Waals surface area contributed by atoms with Crippen LogP contribution in [0, 0.1) is 0 Å². The predicted molar refractivity (Wildman–Crippen MR) is 61.4 cm³/mol. The van der Waals surface area contributed by atoms with E-state index >= 15 is 0 Å². The molecule has 2 aromatic rings. The summed E-state index contributed by atoms with van der Waals surface area (Å²) in [4.78, 5) is 22.7. The predicted octanol–water partition coefficient (Wildman–Crippen LogP) is 1.44. The van der Waals surface area contributed by atoms with Crippen LogP contribution in [-0.4, -0.2) is 21.7 Å². The zero-order valence-electron chi connectivity index (χ0n) is 9.84. The first-order chi connectivity index (χ1) is 8.58. The molecule has 0 aliphatic carbocycles. The van der Waals surface area contributed by atoms with Gasteiger partial charge in [0.2, 0.25) is 0 Å². The number of benzene rings is 1. The molecule has 0 amide bonds. The van der Waals surface area contributed by atoms with Crippen LogP contribution in [0.2, 0.25) is 0 Å². The topological polar surface area (TPSA) is 70.4 Å². The monoisotopic (exact) mass is 246 g/mol. The van der Waals surface area contributed by atoms with Crippen molar-refractivity contribution in [1.29, 1.82) is 0 Å². The molecule has 6 nitrogen and oxygen atoms in total. The summed E-state index contributed by atoms with van der Waals surface area (Å²) < 4.78 is 11.6. The Morgan fingerprint density at radius 3 is 2.61 bits per heavy atom. The van der Waals surface area contributed by atoms with E-state index in [2.05, 4.69) is 5.10 Å². The van der Waals surface area contributed by atoms with Gasteiger partial charge in [-0.1, -0.05) is 6.07 Å². The van der Waals surface area contributed by atoms with Gasteiger partial charge in [-0.05, 0) is 26.0 Å². The van der Waals surface area contributed by atoms with Gasteiger partial charge in [-0.25, -0.2) is 9.59 Å². The lowest BCUT2D eigenvalue weighted by molar-refractivity contribution is -0.155. The summed E-state index contributed by atoms with van der Waals surface area (Å²) in [6.45, 7) is 3.92. The number of nitrogens with zero attached hydrogens (tertiary/aromatic N) is 2. The normalized spacial score (nSPS) is 14.6. The molecular weight excluding hydrogens is 236 g/mol. The Morgan fingerprint density at radius 2 is 1.89 bits per heavy atom. The van der Waals surface area contributed by atoms with E-state index in [-0.39, 0.29) is 11.9 Å². The molecule has 0 bridgehead atoms. The molecule has 0 unspecified atom stereocenters. The van der Waals surface area contributed by atoms with E-state index in [0.717, 1.165) is 5.52 Å².